The number of aromatic nitrogens is 3. The number of sulfone groups is 1. The zero-order chi connectivity index (χ0) is 19.7. The average Bonchev–Trinajstić information content (AvgIpc) is 3.38. The number of nitrogens with zero attached hydrogens (tertiary/aromatic N) is 4. The molecule has 0 spiro atoms. The third-order valence-electron chi connectivity index (χ3n) is 4.98. The van der Waals surface area contributed by atoms with E-state index in [4.69, 9.17) is 0 Å². The number of hydrogen-bond donors (Lipinski definition) is 0. The number of hydrogen-bond acceptors (Lipinski definition) is 6. The first kappa shape index (κ1) is 19.2. The van der Waals surface area contributed by atoms with E-state index in [1.165, 1.54) is 6.07 Å². The van der Waals surface area contributed by atoms with E-state index in [9.17, 15) is 12.8 Å². The van der Waals surface area contributed by atoms with Crippen molar-refractivity contribution in [3.63, 3.8) is 0 Å². The van der Waals surface area contributed by atoms with Gasteiger partial charge in [0, 0.05) is 29.9 Å². The van der Waals surface area contributed by atoms with Crippen LogP contribution < -0.4 is 0 Å². The topological polar surface area (TPSA) is 68.1 Å². The van der Waals surface area contributed by atoms with E-state index in [1.54, 1.807) is 46.5 Å². The van der Waals surface area contributed by atoms with Gasteiger partial charge in [0.15, 0.2) is 0 Å². The summed E-state index contributed by atoms with van der Waals surface area (Å²) >= 11 is 1.63. The summed E-state index contributed by atoms with van der Waals surface area (Å²) in [6.07, 6.45) is 6.61. The summed E-state index contributed by atoms with van der Waals surface area (Å²) in [6, 6.07) is 6.63. The maximum absolute atomic E-state index is 14.2. The number of halogens is 1. The lowest BCUT2D eigenvalue weighted by atomic mass is 10.2. The largest absolute Gasteiger partial charge is 0.313 e. The van der Waals surface area contributed by atoms with Gasteiger partial charge in [-0.05, 0) is 25.5 Å². The molecular formula is C19H21FN4O2S2. The van der Waals surface area contributed by atoms with Gasteiger partial charge in [0.05, 0.1) is 24.5 Å². The highest BCUT2D eigenvalue weighted by Crippen LogP contribution is 2.34. The second-order valence-corrected chi connectivity index (χ2v) is 9.82. The van der Waals surface area contributed by atoms with Crippen LogP contribution in [0.4, 0.5) is 4.39 Å². The minimum atomic E-state index is -3.54. The van der Waals surface area contributed by atoms with E-state index in [1.807, 2.05) is 5.38 Å². The van der Waals surface area contributed by atoms with Crippen LogP contribution in [0.3, 0.4) is 0 Å². The van der Waals surface area contributed by atoms with Crippen LogP contribution in [-0.2, 0) is 22.9 Å². The molecule has 1 atom stereocenters. The van der Waals surface area contributed by atoms with Crippen molar-refractivity contribution < 1.29 is 12.8 Å². The van der Waals surface area contributed by atoms with Crippen LogP contribution in [0.1, 0.15) is 35.1 Å². The monoisotopic (exact) mass is 420 g/mol. The molecule has 0 N–H and O–H groups in total. The highest BCUT2D eigenvalue weighted by atomic mass is 32.2. The van der Waals surface area contributed by atoms with Crippen LogP contribution in [0.2, 0.25) is 0 Å². The van der Waals surface area contributed by atoms with Crippen LogP contribution in [0.15, 0.2) is 47.2 Å². The van der Waals surface area contributed by atoms with E-state index in [0.29, 0.717) is 12.1 Å². The van der Waals surface area contributed by atoms with Crippen molar-refractivity contribution in [2.75, 3.05) is 12.8 Å². The average molecular weight is 421 g/mol. The first-order valence-corrected chi connectivity index (χ1v) is 11.8. The molecule has 9 heteroatoms. The summed E-state index contributed by atoms with van der Waals surface area (Å²) in [5.41, 5.74) is 1.19. The third kappa shape index (κ3) is 3.87. The molecule has 6 nitrogen and oxygen atoms in total. The van der Waals surface area contributed by atoms with Crippen LogP contribution in [0.25, 0.3) is 0 Å². The molecule has 148 valence electrons. The summed E-state index contributed by atoms with van der Waals surface area (Å²) in [7, 11) is -3.54. The van der Waals surface area contributed by atoms with Crippen LogP contribution in [0.5, 0.6) is 0 Å². The van der Waals surface area contributed by atoms with Crippen molar-refractivity contribution in [2.24, 2.45) is 0 Å². The Morgan fingerprint density at radius 3 is 2.79 bits per heavy atom. The van der Waals surface area contributed by atoms with Crippen molar-refractivity contribution in [3.05, 3.63) is 64.1 Å². The van der Waals surface area contributed by atoms with Gasteiger partial charge < -0.3 is 4.57 Å². The third-order valence-corrected chi connectivity index (χ3v) is 6.85. The van der Waals surface area contributed by atoms with Crippen molar-refractivity contribution in [2.45, 2.75) is 37.1 Å². The van der Waals surface area contributed by atoms with Gasteiger partial charge in [-0.3, -0.25) is 4.90 Å². The fraction of sp³-hybridized carbons (Fsp3) is 0.368. The van der Waals surface area contributed by atoms with E-state index in [2.05, 4.69) is 14.9 Å². The molecule has 0 amide bonds. The zero-order valence-corrected chi connectivity index (χ0v) is 17.1. The van der Waals surface area contributed by atoms with Crippen molar-refractivity contribution in [3.8, 4) is 0 Å². The lowest BCUT2D eigenvalue weighted by Crippen LogP contribution is -2.25. The molecule has 0 radical (unpaired) electrons. The quantitative estimate of drug-likeness (QED) is 0.612. The Bertz CT molecular complexity index is 1060. The maximum Gasteiger partial charge on any atom is 0.227 e. The van der Waals surface area contributed by atoms with E-state index < -0.39 is 9.84 Å². The molecule has 1 saturated heterocycles. The molecule has 4 rings (SSSR count). The van der Waals surface area contributed by atoms with Gasteiger partial charge in [-0.25, -0.2) is 22.8 Å². The molecule has 1 aromatic carbocycles. The van der Waals surface area contributed by atoms with Crippen molar-refractivity contribution >= 4 is 21.2 Å². The van der Waals surface area contributed by atoms with Crippen LogP contribution in [-0.4, -0.2) is 40.7 Å². The Labute approximate surface area is 167 Å². The molecule has 0 bridgehead atoms. The molecule has 0 aliphatic carbocycles. The van der Waals surface area contributed by atoms with Gasteiger partial charge in [-0.1, -0.05) is 18.2 Å². The van der Waals surface area contributed by atoms with E-state index >= 15 is 0 Å². The molecule has 1 unspecified atom stereocenters. The first-order valence-electron chi connectivity index (χ1n) is 9.05. The van der Waals surface area contributed by atoms with Gasteiger partial charge in [0.25, 0.3) is 0 Å². The molecule has 1 aliphatic rings. The molecule has 0 saturated carbocycles. The number of benzene rings is 1. The van der Waals surface area contributed by atoms with Crippen LogP contribution >= 0.6 is 11.3 Å². The van der Waals surface area contributed by atoms with Gasteiger partial charge in [-0.2, -0.15) is 0 Å². The number of likely N-dealkylation sites (tertiary alicyclic amines) is 1. The molecule has 3 aromatic rings. The SMILES string of the molecule is CS(=O)(=O)c1ncc(CN2CCCC2c2nccs2)n1Cc1ccccc1F. The fourth-order valence-electron chi connectivity index (χ4n) is 3.68. The van der Waals surface area contributed by atoms with Crippen molar-refractivity contribution in [1.82, 2.24) is 19.4 Å². The predicted octanol–water partition coefficient (Wildman–Crippen LogP) is 3.27. The highest BCUT2D eigenvalue weighted by Gasteiger charge is 2.30. The predicted molar refractivity (Wildman–Crippen MR) is 105 cm³/mol. The van der Waals surface area contributed by atoms with Gasteiger partial charge in [0.1, 0.15) is 10.8 Å². The van der Waals surface area contributed by atoms with E-state index in [-0.39, 0.29) is 23.6 Å². The smallest absolute Gasteiger partial charge is 0.227 e. The lowest BCUT2D eigenvalue weighted by molar-refractivity contribution is 0.241. The minimum absolute atomic E-state index is 0.0317. The number of imidazole rings is 1. The number of rotatable bonds is 6. The van der Waals surface area contributed by atoms with E-state index in [0.717, 1.165) is 36.3 Å². The summed E-state index contributed by atoms with van der Waals surface area (Å²) in [6.45, 7) is 1.57. The van der Waals surface area contributed by atoms with Crippen molar-refractivity contribution in [1.29, 1.82) is 0 Å². The Kier molecular flexibility index (Phi) is 5.31. The molecule has 1 aliphatic heterocycles. The summed E-state index contributed by atoms with van der Waals surface area (Å²) in [5, 5.41) is 3.01. The van der Waals surface area contributed by atoms with Gasteiger partial charge in [0.2, 0.25) is 15.0 Å². The fourth-order valence-corrected chi connectivity index (χ4v) is 5.32. The Morgan fingerprint density at radius 1 is 1.25 bits per heavy atom. The van der Waals surface area contributed by atoms with Gasteiger partial charge >= 0.3 is 0 Å². The molecular weight excluding hydrogens is 399 g/mol. The molecule has 28 heavy (non-hydrogen) atoms. The highest BCUT2D eigenvalue weighted by molar-refractivity contribution is 7.90. The second-order valence-electron chi connectivity index (χ2n) is 6.98. The molecule has 1 fully saturated rings. The second kappa shape index (κ2) is 7.73. The Hall–Kier alpha value is -2.10. The van der Waals surface area contributed by atoms with Gasteiger partial charge in [-0.15, -0.1) is 11.3 Å². The summed E-state index contributed by atoms with van der Waals surface area (Å²) in [4.78, 5) is 10.9. The first-order chi connectivity index (χ1) is 13.4. The molecule has 3 heterocycles. The minimum Gasteiger partial charge on any atom is -0.313 e. The van der Waals surface area contributed by atoms with Crippen LogP contribution in [0, 0.1) is 5.82 Å². The zero-order valence-electron chi connectivity index (χ0n) is 15.5. The lowest BCUT2D eigenvalue weighted by Gasteiger charge is -2.23. The summed E-state index contributed by atoms with van der Waals surface area (Å²) < 4.78 is 40.3. The summed E-state index contributed by atoms with van der Waals surface area (Å²) in [5.74, 6) is -0.358. The number of thiazole rings is 1. The molecule has 2 aromatic heterocycles. The maximum atomic E-state index is 14.2. The standard InChI is InChI=1S/C19H21FN4O2S2/c1-28(25,26)19-22-11-15(24(19)12-14-5-2-3-6-16(14)20)13-23-9-4-7-17(23)18-21-8-10-27-18/h2-3,5-6,8,10-11,17H,4,7,9,12-13H2,1H3. The Balaban J connectivity index is 1.67. The Morgan fingerprint density at radius 2 is 2.07 bits per heavy atom. The normalized spacial score (nSPS) is 18.0.